The van der Waals surface area contributed by atoms with Crippen molar-refractivity contribution in [2.24, 2.45) is 0 Å². The van der Waals surface area contributed by atoms with Crippen LogP contribution in [-0.4, -0.2) is 68.4 Å². The third-order valence-corrected chi connectivity index (χ3v) is 5.30. The second-order valence-electron chi connectivity index (χ2n) is 6.93. The number of hydrogen-bond donors (Lipinski definition) is 3. The van der Waals surface area contributed by atoms with Crippen molar-refractivity contribution in [3.05, 3.63) is 24.3 Å². The van der Waals surface area contributed by atoms with E-state index in [1.165, 1.54) is 50.7 Å². The normalized spacial score (nSPS) is 29.3. The monoisotopic (exact) mass is 334 g/mol. The van der Waals surface area contributed by atoms with Gasteiger partial charge in [-0.15, -0.1) is 0 Å². The first-order valence-electron chi connectivity index (χ1n) is 8.77. The van der Waals surface area contributed by atoms with Crippen LogP contribution in [0.25, 0.3) is 0 Å². The number of carbonyl (C=O) groups excluding carboxylic acids is 1. The van der Waals surface area contributed by atoms with Crippen LogP contribution in [0.2, 0.25) is 0 Å². The van der Waals surface area contributed by atoms with E-state index < -0.39 is 17.6 Å². The quantitative estimate of drug-likeness (QED) is 0.734. The van der Waals surface area contributed by atoms with Crippen LogP contribution in [0.4, 0.5) is 0 Å². The highest BCUT2D eigenvalue weighted by atomic mass is 16.3. The van der Waals surface area contributed by atoms with Gasteiger partial charge in [0.25, 0.3) is 5.91 Å². The lowest BCUT2D eigenvalue weighted by atomic mass is 9.85. The standard InChI is InChI=1S/C17H26N4O3/c22-15-11-21(13-4-2-1-3-5-13)9-6-17(15,24)12-20-16(23)14-10-18-7-8-19-14/h7-8,10,13,15,22,24H,1-6,9,11-12H2,(H,20,23)/t15-,17-/m1/s1. The summed E-state index contributed by atoms with van der Waals surface area (Å²) in [6.07, 6.45) is 10.0. The molecular weight excluding hydrogens is 308 g/mol. The molecule has 2 fully saturated rings. The fourth-order valence-electron chi connectivity index (χ4n) is 3.71. The maximum absolute atomic E-state index is 12.0. The van der Waals surface area contributed by atoms with E-state index in [1.54, 1.807) is 0 Å². The van der Waals surface area contributed by atoms with Crippen molar-refractivity contribution < 1.29 is 15.0 Å². The van der Waals surface area contributed by atoms with Crippen LogP contribution in [0.3, 0.4) is 0 Å². The van der Waals surface area contributed by atoms with Gasteiger partial charge in [0.15, 0.2) is 0 Å². The molecule has 0 aromatic carbocycles. The lowest BCUT2D eigenvalue weighted by Crippen LogP contribution is -2.61. The van der Waals surface area contributed by atoms with E-state index in [1.807, 2.05) is 0 Å². The molecule has 132 valence electrons. The molecule has 0 bridgehead atoms. The number of nitrogens with zero attached hydrogens (tertiary/aromatic N) is 3. The fraction of sp³-hybridized carbons (Fsp3) is 0.706. The van der Waals surface area contributed by atoms with Gasteiger partial charge in [0.2, 0.25) is 0 Å². The molecule has 7 nitrogen and oxygen atoms in total. The molecule has 1 aliphatic carbocycles. The van der Waals surface area contributed by atoms with Gasteiger partial charge in [0.05, 0.1) is 12.3 Å². The van der Waals surface area contributed by atoms with E-state index in [0.29, 0.717) is 19.0 Å². The molecule has 0 radical (unpaired) electrons. The molecule has 2 aliphatic rings. The lowest BCUT2D eigenvalue weighted by molar-refractivity contribution is -0.123. The molecule has 7 heteroatoms. The van der Waals surface area contributed by atoms with E-state index in [9.17, 15) is 15.0 Å². The summed E-state index contributed by atoms with van der Waals surface area (Å²) in [6.45, 7) is 1.23. The van der Waals surface area contributed by atoms with Crippen molar-refractivity contribution in [1.82, 2.24) is 20.2 Å². The van der Waals surface area contributed by atoms with Crippen molar-refractivity contribution in [3.8, 4) is 0 Å². The van der Waals surface area contributed by atoms with Crippen LogP contribution < -0.4 is 5.32 Å². The molecule has 3 rings (SSSR count). The predicted octanol–water partition coefficient (Wildman–Crippen LogP) is 0.337. The minimum Gasteiger partial charge on any atom is -0.389 e. The van der Waals surface area contributed by atoms with Gasteiger partial charge >= 0.3 is 0 Å². The maximum atomic E-state index is 12.0. The van der Waals surface area contributed by atoms with Crippen molar-refractivity contribution >= 4 is 5.91 Å². The first kappa shape index (κ1) is 17.3. The van der Waals surface area contributed by atoms with Crippen molar-refractivity contribution in [2.45, 2.75) is 56.3 Å². The molecule has 0 unspecified atom stereocenters. The number of carbonyl (C=O) groups is 1. The fourth-order valence-corrected chi connectivity index (χ4v) is 3.71. The van der Waals surface area contributed by atoms with Gasteiger partial charge < -0.3 is 15.5 Å². The average molecular weight is 334 g/mol. The Bertz CT molecular complexity index is 550. The second-order valence-corrected chi connectivity index (χ2v) is 6.93. The number of hydrogen-bond acceptors (Lipinski definition) is 6. The number of aliphatic hydroxyl groups is 2. The Morgan fingerprint density at radius 3 is 2.79 bits per heavy atom. The van der Waals surface area contributed by atoms with E-state index in [4.69, 9.17) is 0 Å². The first-order chi connectivity index (χ1) is 11.6. The Morgan fingerprint density at radius 2 is 2.12 bits per heavy atom. The molecule has 24 heavy (non-hydrogen) atoms. The summed E-state index contributed by atoms with van der Waals surface area (Å²) in [6, 6.07) is 0.520. The lowest BCUT2D eigenvalue weighted by Gasteiger charge is -2.45. The summed E-state index contributed by atoms with van der Waals surface area (Å²) >= 11 is 0. The van der Waals surface area contributed by atoms with Crippen molar-refractivity contribution in [3.63, 3.8) is 0 Å². The van der Waals surface area contributed by atoms with Crippen LogP contribution >= 0.6 is 0 Å². The molecule has 1 saturated heterocycles. The van der Waals surface area contributed by atoms with Gasteiger partial charge in [-0.05, 0) is 19.3 Å². The van der Waals surface area contributed by atoms with Crippen molar-refractivity contribution in [2.75, 3.05) is 19.6 Å². The number of amides is 1. The molecule has 1 aliphatic heterocycles. The Morgan fingerprint density at radius 1 is 1.33 bits per heavy atom. The van der Waals surface area contributed by atoms with E-state index in [-0.39, 0.29) is 12.2 Å². The first-order valence-corrected chi connectivity index (χ1v) is 8.77. The third kappa shape index (κ3) is 3.91. The minimum absolute atomic E-state index is 0.0160. The second kappa shape index (κ2) is 7.55. The zero-order chi connectivity index (χ0) is 17.0. The van der Waals surface area contributed by atoms with Gasteiger partial charge in [0, 0.05) is 38.1 Å². The maximum Gasteiger partial charge on any atom is 0.271 e. The van der Waals surface area contributed by atoms with E-state index in [0.717, 1.165) is 6.54 Å². The zero-order valence-electron chi connectivity index (χ0n) is 13.9. The summed E-state index contributed by atoms with van der Waals surface area (Å²) in [7, 11) is 0. The third-order valence-electron chi connectivity index (χ3n) is 5.30. The topological polar surface area (TPSA) is 98.6 Å². The largest absolute Gasteiger partial charge is 0.389 e. The summed E-state index contributed by atoms with van der Waals surface area (Å²) in [5.41, 5.74) is -1.08. The van der Waals surface area contributed by atoms with Crippen LogP contribution in [-0.2, 0) is 0 Å². The number of rotatable bonds is 4. The van der Waals surface area contributed by atoms with Crippen LogP contribution in [0.15, 0.2) is 18.6 Å². The summed E-state index contributed by atoms with van der Waals surface area (Å²) in [5.74, 6) is -0.390. The number of aliphatic hydroxyl groups excluding tert-OH is 1. The molecule has 1 aromatic rings. The zero-order valence-corrected chi connectivity index (χ0v) is 13.9. The van der Waals surface area contributed by atoms with Crippen LogP contribution in [0, 0.1) is 0 Å². The van der Waals surface area contributed by atoms with Crippen molar-refractivity contribution in [1.29, 1.82) is 0 Å². The summed E-state index contributed by atoms with van der Waals surface area (Å²) in [5, 5.41) is 23.8. The SMILES string of the molecule is O=C(NC[C@]1(O)CCN(C2CCCCC2)C[C@H]1O)c1cnccn1. The Labute approximate surface area is 142 Å². The molecule has 1 aromatic heterocycles. The highest BCUT2D eigenvalue weighted by molar-refractivity contribution is 5.91. The minimum atomic E-state index is -1.29. The van der Waals surface area contributed by atoms with E-state index in [2.05, 4.69) is 20.2 Å². The van der Waals surface area contributed by atoms with Gasteiger partial charge in [-0.2, -0.15) is 0 Å². The molecule has 3 N–H and O–H groups in total. The highest BCUT2D eigenvalue weighted by Crippen LogP contribution is 2.29. The number of β-amino-alcohol motifs (C(OH)–C–C–N with tert-alkyl or cyclic N) is 1. The smallest absolute Gasteiger partial charge is 0.271 e. The van der Waals surface area contributed by atoms with E-state index >= 15 is 0 Å². The summed E-state index contributed by atoms with van der Waals surface area (Å²) in [4.78, 5) is 22.1. The Balaban J connectivity index is 1.53. The van der Waals surface area contributed by atoms with Gasteiger partial charge in [-0.25, -0.2) is 4.98 Å². The molecule has 2 atom stereocenters. The molecule has 0 spiro atoms. The number of aromatic nitrogens is 2. The average Bonchev–Trinajstić information content (AvgIpc) is 2.64. The van der Waals surface area contributed by atoms with Crippen LogP contribution in [0.5, 0.6) is 0 Å². The molecule has 1 saturated carbocycles. The van der Waals surface area contributed by atoms with Gasteiger partial charge in [-0.3, -0.25) is 14.7 Å². The summed E-state index contributed by atoms with van der Waals surface area (Å²) < 4.78 is 0. The number of nitrogens with one attached hydrogen (secondary N) is 1. The highest BCUT2D eigenvalue weighted by Gasteiger charge is 2.42. The predicted molar refractivity (Wildman–Crippen MR) is 88.4 cm³/mol. The van der Waals surface area contributed by atoms with Gasteiger partial charge in [0.1, 0.15) is 11.3 Å². The Kier molecular flexibility index (Phi) is 5.43. The molecule has 2 heterocycles. The molecule has 1 amide bonds. The Hall–Kier alpha value is -1.57. The van der Waals surface area contributed by atoms with Gasteiger partial charge in [-0.1, -0.05) is 19.3 Å². The molecular formula is C17H26N4O3. The number of piperidine rings is 1. The van der Waals surface area contributed by atoms with Crippen LogP contribution in [0.1, 0.15) is 49.0 Å². The number of likely N-dealkylation sites (tertiary alicyclic amines) is 1.